The number of carbonyl (C=O) groups excluding carboxylic acids is 3. The molecular weight excluding hydrogens is 426 g/mol. The van der Waals surface area contributed by atoms with Gasteiger partial charge in [0.2, 0.25) is 11.8 Å². The molecule has 1 N–H and O–H groups in total. The Balaban J connectivity index is 1.79. The molecule has 2 aromatic rings. The lowest BCUT2D eigenvalue weighted by atomic mass is 10.1. The zero-order valence-electron chi connectivity index (χ0n) is 18.7. The number of esters is 1. The van der Waals surface area contributed by atoms with E-state index in [0.717, 1.165) is 16.8 Å². The molecule has 1 aliphatic rings. The quantitative estimate of drug-likeness (QED) is 0.653. The van der Waals surface area contributed by atoms with E-state index in [0.29, 0.717) is 29.6 Å². The van der Waals surface area contributed by atoms with Crippen molar-refractivity contribution in [3.05, 3.63) is 59.2 Å². The van der Waals surface area contributed by atoms with E-state index < -0.39 is 11.2 Å². The van der Waals surface area contributed by atoms with Gasteiger partial charge in [0.25, 0.3) is 0 Å². The van der Waals surface area contributed by atoms with Crippen LogP contribution in [0.2, 0.25) is 0 Å². The molecule has 0 bridgehead atoms. The summed E-state index contributed by atoms with van der Waals surface area (Å²) in [4.78, 5) is 43.6. The summed E-state index contributed by atoms with van der Waals surface area (Å²) in [5.74, 6) is -0.766. The third-order valence-electron chi connectivity index (χ3n) is 4.99. The van der Waals surface area contributed by atoms with Crippen molar-refractivity contribution in [1.29, 1.82) is 0 Å². The minimum absolute atomic E-state index is 0.107. The fourth-order valence-electron chi connectivity index (χ4n) is 3.32. The van der Waals surface area contributed by atoms with E-state index in [1.54, 1.807) is 36.1 Å². The predicted octanol–water partition coefficient (Wildman–Crippen LogP) is 4.46. The fraction of sp³-hybridized carbons (Fsp3) is 0.333. The molecule has 1 aliphatic heterocycles. The molecular formula is C24H27N3O4S. The first-order valence-corrected chi connectivity index (χ1v) is 11.4. The van der Waals surface area contributed by atoms with Crippen LogP contribution in [0, 0.1) is 13.8 Å². The highest BCUT2D eigenvalue weighted by Crippen LogP contribution is 2.30. The van der Waals surface area contributed by atoms with E-state index in [1.165, 1.54) is 11.8 Å². The Kier molecular flexibility index (Phi) is 7.69. The van der Waals surface area contributed by atoms with Crippen molar-refractivity contribution in [2.45, 2.75) is 39.4 Å². The molecule has 1 saturated heterocycles. The summed E-state index contributed by atoms with van der Waals surface area (Å²) < 4.78 is 4.99. The van der Waals surface area contributed by atoms with Crippen molar-refractivity contribution >= 4 is 46.1 Å². The number of amides is 2. The number of anilines is 1. The number of thioether (sulfide) groups is 1. The summed E-state index contributed by atoms with van der Waals surface area (Å²) in [6.07, 6.45) is 0.107. The van der Waals surface area contributed by atoms with Crippen LogP contribution in [0.5, 0.6) is 0 Å². The number of nitrogens with zero attached hydrogens (tertiary/aromatic N) is 2. The first kappa shape index (κ1) is 23.5. The van der Waals surface area contributed by atoms with Crippen LogP contribution < -0.4 is 5.32 Å². The average Bonchev–Trinajstić information content (AvgIpc) is 2.76. The number of hydrogen-bond acceptors (Lipinski definition) is 6. The number of benzene rings is 2. The second-order valence-electron chi connectivity index (χ2n) is 7.42. The Labute approximate surface area is 192 Å². The van der Waals surface area contributed by atoms with Crippen molar-refractivity contribution in [3.8, 4) is 0 Å². The van der Waals surface area contributed by atoms with Gasteiger partial charge in [0.05, 0.1) is 17.9 Å². The van der Waals surface area contributed by atoms with Gasteiger partial charge in [-0.2, -0.15) is 0 Å². The van der Waals surface area contributed by atoms with Crippen LogP contribution in [-0.2, 0) is 14.3 Å². The molecule has 7 nitrogen and oxygen atoms in total. The van der Waals surface area contributed by atoms with E-state index in [4.69, 9.17) is 4.74 Å². The van der Waals surface area contributed by atoms with Crippen LogP contribution in [0.1, 0.15) is 41.8 Å². The Hall–Kier alpha value is -3.13. The first-order valence-electron chi connectivity index (χ1n) is 10.5. The van der Waals surface area contributed by atoms with Crippen LogP contribution in [0.3, 0.4) is 0 Å². The molecule has 1 fully saturated rings. The molecule has 2 amide bonds. The molecule has 1 unspecified atom stereocenters. The van der Waals surface area contributed by atoms with Gasteiger partial charge in [0, 0.05) is 18.7 Å². The van der Waals surface area contributed by atoms with Crippen molar-refractivity contribution in [2.75, 3.05) is 18.5 Å². The minimum Gasteiger partial charge on any atom is -0.462 e. The maximum absolute atomic E-state index is 12.9. The summed E-state index contributed by atoms with van der Waals surface area (Å²) in [6.45, 7) is 8.31. The maximum atomic E-state index is 12.9. The Morgan fingerprint density at radius 2 is 1.88 bits per heavy atom. The summed E-state index contributed by atoms with van der Waals surface area (Å²) >= 11 is 1.27. The summed E-state index contributed by atoms with van der Waals surface area (Å²) in [7, 11) is 0. The Morgan fingerprint density at radius 3 is 2.50 bits per heavy atom. The molecule has 0 saturated carbocycles. The van der Waals surface area contributed by atoms with Crippen LogP contribution in [0.4, 0.5) is 11.4 Å². The number of carbonyl (C=O) groups is 3. The zero-order valence-corrected chi connectivity index (χ0v) is 19.5. The fourth-order valence-corrected chi connectivity index (χ4v) is 4.48. The van der Waals surface area contributed by atoms with Gasteiger partial charge in [0.1, 0.15) is 5.25 Å². The summed E-state index contributed by atoms with van der Waals surface area (Å²) in [5, 5.41) is 2.83. The van der Waals surface area contributed by atoms with Crippen LogP contribution >= 0.6 is 11.8 Å². The predicted molar refractivity (Wildman–Crippen MR) is 127 cm³/mol. The number of rotatable bonds is 6. The van der Waals surface area contributed by atoms with Crippen molar-refractivity contribution in [3.63, 3.8) is 0 Å². The van der Waals surface area contributed by atoms with E-state index in [9.17, 15) is 14.4 Å². The molecule has 8 heteroatoms. The van der Waals surface area contributed by atoms with Crippen LogP contribution in [0.25, 0.3) is 0 Å². The largest absolute Gasteiger partial charge is 0.462 e. The topological polar surface area (TPSA) is 88.1 Å². The van der Waals surface area contributed by atoms with E-state index >= 15 is 0 Å². The van der Waals surface area contributed by atoms with Gasteiger partial charge < -0.3 is 10.1 Å². The molecule has 0 spiro atoms. The number of ether oxygens (including phenoxy) is 1. The monoisotopic (exact) mass is 453 g/mol. The molecule has 0 radical (unpaired) electrons. The number of amidine groups is 1. The maximum Gasteiger partial charge on any atom is 0.338 e. The lowest BCUT2D eigenvalue weighted by Crippen LogP contribution is -2.45. The van der Waals surface area contributed by atoms with Gasteiger partial charge in [-0.3, -0.25) is 14.5 Å². The molecule has 3 rings (SSSR count). The van der Waals surface area contributed by atoms with Gasteiger partial charge >= 0.3 is 5.97 Å². The lowest BCUT2D eigenvalue weighted by molar-refractivity contribution is -0.129. The molecule has 0 aromatic heterocycles. The number of hydrogen-bond donors (Lipinski definition) is 1. The molecule has 1 atom stereocenters. The second kappa shape index (κ2) is 10.5. The SMILES string of the molecule is CCOC(=O)c1ccc(N=C2SC(C(=O)Nc3ccc(C)cc3C)CC(=O)N2CC)cc1. The minimum atomic E-state index is -0.580. The normalized spacial score (nSPS) is 17.4. The highest BCUT2D eigenvalue weighted by atomic mass is 32.2. The van der Waals surface area contributed by atoms with E-state index in [-0.39, 0.29) is 18.2 Å². The molecule has 32 heavy (non-hydrogen) atoms. The number of aryl methyl sites for hydroxylation is 2. The second-order valence-corrected chi connectivity index (χ2v) is 8.59. The summed E-state index contributed by atoms with van der Waals surface area (Å²) in [5.41, 5.74) is 3.84. The zero-order chi connectivity index (χ0) is 23.3. The number of aliphatic imine (C=N–C) groups is 1. The standard InChI is InChI=1S/C24H27N3O4S/c1-5-27-21(28)14-20(22(29)26-19-12-7-15(3)13-16(19)4)32-24(27)25-18-10-8-17(9-11-18)23(30)31-6-2/h7-13,20H,5-6,14H2,1-4H3,(H,26,29). The highest BCUT2D eigenvalue weighted by molar-refractivity contribution is 8.15. The number of nitrogens with one attached hydrogen (secondary N) is 1. The van der Waals surface area contributed by atoms with Gasteiger partial charge in [-0.05, 0) is 63.6 Å². The molecule has 1 heterocycles. The molecule has 2 aromatic carbocycles. The van der Waals surface area contributed by atoms with Crippen LogP contribution in [-0.4, -0.2) is 46.3 Å². The third-order valence-corrected chi connectivity index (χ3v) is 6.18. The first-order chi connectivity index (χ1) is 15.3. The Morgan fingerprint density at radius 1 is 1.16 bits per heavy atom. The van der Waals surface area contributed by atoms with E-state index in [2.05, 4.69) is 10.3 Å². The third kappa shape index (κ3) is 5.56. The lowest BCUT2D eigenvalue weighted by Gasteiger charge is -2.31. The summed E-state index contributed by atoms with van der Waals surface area (Å²) in [6, 6.07) is 12.5. The molecule has 168 valence electrons. The van der Waals surface area contributed by atoms with Gasteiger partial charge in [0.15, 0.2) is 5.17 Å². The molecule has 0 aliphatic carbocycles. The van der Waals surface area contributed by atoms with Gasteiger partial charge in [-0.25, -0.2) is 9.79 Å². The van der Waals surface area contributed by atoms with Crippen molar-refractivity contribution < 1.29 is 19.1 Å². The van der Waals surface area contributed by atoms with Crippen LogP contribution in [0.15, 0.2) is 47.5 Å². The van der Waals surface area contributed by atoms with Gasteiger partial charge in [-0.1, -0.05) is 29.5 Å². The van der Waals surface area contributed by atoms with Crippen molar-refractivity contribution in [2.24, 2.45) is 4.99 Å². The smallest absolute Gasteiger partial charge is 0.338 e. The highest BCUT2D eigenvalue weighted by Gasteiger charge is 2.35. The average molecular weight is 454 g/mol. The van der Waals surface area contributed by atoms with E-state index in [1.807, 2.05) is 39.0 Å². The Bertz CT molecular complexity index is 1050. The van der Waals surface area contributed by atoms with Crippen molar-refractivity contribution in [1.82, 2.24) is 4.90 Å². The van der Waals surface area contributed by atoms with Gasteiger partial charge in [-0.15, -0.1) is 0 Å².